The Bertz CT molecular complexity index is 810. The van der Waals surface area contributed by atoms with Gasteiger partial charge in [-0.25, -0.2) is 0 Å². The molecule has 1 unspecified atom stereocenters. The van der Waals surface area contributed by atoms with E-state index in [1.807, 2.05) is 0 Å². The second-order valence-corrected chi connectivity index (χ2v) is 6.86. The minimum absolute atomic E-state index is 0.204. The third-order valence-electron chi connectivity index (χ3n) is 5.17. The zero-order chi connectivity index (χ0) is 17.6. The van der Waals surface area contributed by atoms with Gasteiger partial charge in [0.05, 0.1) is 12.7 Å². The van der Waals surface area contributed by atoms with Gasteiger partial charge in [-0.15, -0.1) is 0 Å². The molecule has 3 aromatic carbocycles. The molecule has 0 aromatic heterocycles. The van der Waals surface area contributed by atoms with E-state index in [2.05, 4.69) is 90.2 Å². The summed E-state index contributed by atoms with van der Waals surface area (Å²) in [5.74, 6) is 0.342. The van der Waals surface area contributed by atoms with Crippen molar-refractivity contribution in [1.82, 2.24) is 5.32 Å². The summed E-state index contributed by atoms with van der Waals surface area (Å²) in [5.41, 5.74) is 5.32. The first-order valence-electron chi connectivity index (χ1n) is 9.42. The normalized spacial score (nSPS) is 18.4. The van der Waals surface area contributed by atoms with Gasteiger partial charge < -0.3 is 10.1 Å². The van der Waals surface area contributed by atoms with Gasteiger partial charge >= 0.3 is 0 Å². The summed E-state index contributed by atoms with van der Waals surface area (Å²) in [7, 11) is 0. The monoisotopic (exact) mass is 343 g/mol. The molecule has 132 valence electrons. The van der Waals surface area contributed by atoms with Crippen LogP contribution in [-0.4, -0.2) is 25.8 Å². The minimum atomic E-state index is 0.204. The third kappa shape index (κ3) is 3.87. The second-order valence-electron chi connectivity index (χ2n) is 6.86. The molecule has 2 atom stereocenters. The highest BCUT2D eigenvalue weighted by Gasteiger charge is 2.26. The average Bonchev–Trinajstić information content (AvgIpc) is 2.74. The molecular weight excluding hydrogens is 318 g/mol. The average molecular weight is 343 g/mol. The van der Waals surface area contributed by atoms with Crippen LogP contribution in [-0.2, 0) is 11.2 Å². The molecule has 3 aromatic rings. The SMILES string of the molecule is c1ccc(-c2ccccc2C[C@H](c2ccccc2)C2CNCCO2)cc1. The molecule has 2 nitrogen and oxygen atoms in total. The van der Waals surface area contributed by atoms with E-state index in [9.17, 15) is 0 Å². The third-order valence-corrected chi connectivity index (χ3v) is 5.17. The first-order chi connectivity index (χ1) is 12.9. The number of morpholine rings is 1. The van der Waals surface area contributed by atoms with Crippen molar-refractivity contribution in [2.24, 2.45) is 0 Å². The van der Waals surface area contributed by atoms with Crippen LogP contribution in [0.15, 0.2) is 84.9 Å². The van der Waals surface area contributed by atoms with Crippen LogP contribution in [0.4, 0.5) is 0 Å². The van der Waals surface area contributed by atoms with E-state index < -0.39 is 0 Å². The van der Waals surface area contributed by atoms with E-state index in [0.717, 1.165) is 26.1 Å². The summed E-state index contributed by atoms with van der Waals surface area (Å²) >= 11 is 0. The van der Waals surface area contributed by atoms with Crippen molar-refractivity contribution in [3.63, 3.8) is 0 Å². The molecule has 0 radical (unpaired) electrons. The van der Waals surface area contributed by atoms with Gasteiger partial charge in [0.1, 0.15) is 0 Å². The van der Waals surface area contributed by atoms with Crippen LogP contribution < -0.4 is 5.32 Å². The molecule has 1 heterocycles. The van der Waals surface area contributed by atoms with Crippen molar-refractivity contribution in [2.45, 2.75) is 18.4 Å². The van der Waals surface area contributed by atoms with Gasteiger partial charge in [-0.1, -0.05) is 84.9 Å². The van der Waals surface area contributed by atoms with E-state index in [1.54, 1.807) is 0 Å². The molecule has 0 saturated carbocycles. The lowest BCUT2D eigenvalue weighted by molar-refractivity contribution is 0.0110. The van der Waals surface area contributed by atoms with Crippen LogP contribution in [0.5, 0.6) is 0 Å². The van der Waals surface area contributed by atoms with Crippen LogP contribution >= 0.6 is 0 Å². The van der Waals surface area contributed by atoms with Crippen LogP contribution in [0, 0.1) is 0 Å². The van der Waals surface area contributed by atoms with Gasteiger partial charge in [0, 0.05) is 19.0 Å². The van der Waals surface area contributed by atoms with Crippen molar-refractivity contribution in [1.29, 1.82) is 0 Å². The molecule has 1 saturated heterocycles. The molecule has 2 heteroatoms. The quantitative estimate of drug-likeness (QED) is 0.727. The highest BCUT2D eigenvalue weighted by molar-refractivity contribution is 5.67. The lowest BCUT2D eigenvalue weighted by Crippen LogP contribution is -2.42. The maximum atomic E-state index is 6.15. The van der Waals surface area contributed by atoms with Crippen LogP contribution in [0.3, 0.4) is 0 Å². The van der Waals surface area contributed by atoms with E-state index in [0.29, 0.717) is 5.92 Å². The van der Waals surface area contributed by atoms with E-state index in [4.69, 9.17) is 4.74 Å². The van der Waals surface area contributed by atoms with Crippen molar-refractivity contribution in [3.8, 4) is 11.1 Å². The van der Waals surface area contributed by atoms with Gasteiger partial charge in [0.25, 0.3) is 0 Å². The van der Waals surface area contributed by atoms with Gasteiger partial charge in [0.2, 0.25) is 0 Å². The molecule has 0 amide bonds. The molecule has 1 fully saturated rings. The van der Waals surface area contributed by atoms with Crippen molar-refractivity contribution >= 4 is 0 Å². The van der Waals surface area contributed by atoms with Gasteiger partial charge in [-0.3, -0.25) is 0 Å². The Balaban J connectivity index is 1.68. The summed E-state index contributed by atoms with van der Waals surface area (Å²) in [6.07, 6.45) is 1.18. The summed E-state index contributed by atoms with van der Waals surface area (Å²) in [5, 5.41) is 3.49. The van der Waals surface area contributed by atoms with Gasteiger partial charge in [-0.2, -0.15) is 0 Å². The summed E-state index contributed by atoms with van der Waals surface area (Å²) in [4.78, 5) is 0. The molecule has 26 heavy (non-hydrogen) atoms. The standard InChI is InChI=1S/C24H25NO/c1-3-9-19(10-4-1)22-14-8-7-13-21(22)17-23(20-11-5-2-6-12-20)24-18-25-15-16-26-24/h1-14,23-25H,15-18H2/t23-,24?/m1/s1. The maximum Gasteiger partial charge on any atom is 0.0771 e. The van der Waals surface area contributed by atoms with Crippen LogP contribution in [0.2, 0.25) is 0 Å². The first kappa shape index (κ1) is 17.0. The van der Waals surface area contributed by atoms with Crippen LogP contribution in [0.25, 0.3) is 11.1 Å². The van der Waals surface area contributed by atoms with Crippen molar-refractivity contribution in [2.75, 3.05) is 19.7 Å². The Morgan fingerprint density at radius 3 is 2.27 bits per heavy atom. The highest BCUT2D eigenvalue weighted by atomic mass is 16.5. The Morgan fingerprint density at radius 2 is 1.54 bits per heavy atom. The molecule has 0 aliphatic carbocycles. The molecule has 0 spiro atoms. The van der Waals surface area contributed by atoms with Crippen molar-refractivity contribution < 1.29 is 4.74 Å². The highest BCUT2D eigenvalue weighted by Crippen LogP contribution is 2.32. The van der Waals surface area contributed by atoms with Crippen molar-refractivity contribution in [3.05, 3.63) is 96.1 Å². The number of ether oxygens (including phenoxy) is 1. The number of hydrogen-bond acceptors (Lipinski definition) is 2. The summed E-state index contributed by atoms with van der Waals surface area (Å²) in [6.45, 7) is 2.64. The zero-order valence-corrected chi connectivity index (χ0v) is 15.0. The largest absolute Gasteiger partial charge is 0.375 e. The molecule has 0 bridgehead atoms. The summed E-state index contributed by atoms with van der Waals surface area (Å²) in [6, 6.07) is 30.2. The maximum absolute atomic E-state index is 6.15. The Labute approximate surface area is 155 Å². The molecule has 4 rings (SSSR count). The first-order valence-corrected chi connectivity index (χ1v) is 9.42. The Hall–Kier alpha value is -2.42. The Morgan fingerprint density at radius 1 is 0.846 bits per heavy atom. The predicted octanol–water partition coefficient (Wildman–Crippen LogP) is 4.67. The zero-order valence-electron chi connectivity index (χ0n) is 15.0. The Kier molecular flexibility index (Phi) is 5.44. The fourth-order valence-electron chi connectivity index (χ4n) is 3.84. The number of nitrogens with one attached hydrogen (secondary N) is 1. The summed E-state index contributed by atoms with van der Waals surface area (Å²) < 4.78 is 6.15. The lowest BCUT2D eigenvalue weighted by atomic mass is 9.84. The minimum Gasteiger partial charge on any atom is -0.375 e. The number of benzene rings is 3. The predicted molar refractivity (Wildman–Crippen MR) is 107 cm³/mol. The molecule has 1 N–H and O–H groups in total. The number of hydrogen-bond donors (Lipinski definition) is 1. The fourth-order valence-corrected chi connectivity index (χ4v) is 3.84. The van der Waals surface area contributed by atoms with E-state index >= 15 is 0 Å². The lowest BCUT2D eigenvalue weighted by Gasteiger charge is -2.32. The van der Waals surface area contributed by atoms with Crippen LogP contribution in [0.1, 0.15) is 17.0 Å². The number of rotatable bonds is 5. The second kappa shape index (κ2) is 8.31. The topological polar surface area (TPSA) is 21.3 Å². The molecule has 1 aliphatic rings. The molecular formula is C24H25NO. The van der Waals surface area contributed by atoms with Gasteiger partial charge in [-0.05, 0) is 28.7 Å². The molecule has 1 aliphatic heterocycles. The van der Waals surface area contributed by atoms with E-state index in [-0.39, 0.29) is 6.10 Å². The van der Waals surface area contributed by atoms with Gasteiger partial charge in [0.15, 0.2) is 0 Å². The smallest absolute Gasteiger partial charge is 0.0771 e. The fraction of sp³-hybridized carbons (Fsp3) is 0.250. The van der Waals surface area contributed by atoms with E-state index in [1.165, 1.54) is 22.3 Å².